The van der Waals surface area contributed by atoms with Gasteiger partial charge in [0.25, 0.3) is 0 Å². The summed E-state index contributed by atoms with van der Waals surface area (Å²) in [5.41, 5.74) is 1.87. The smallest absolute Gasteiger partial charge is 0.321 e. The number of nitrogens with zero attached hydrogens (tertiary/aromatic N) is 2. The van der Waals surface area contributed by atoms with Crippen molar-refractivity contribution in [3.63, 3.8) is 0 Å². The van der Waals surface area contributed by atoms with Gasteiger partial charge in [0, 0.05) is 25.8 Å². The van der Waals surface area contributed by atoms with E-state index in [0.29, 0.717) is 19.6 Å². The molecule has 0 bridgehead atoms. The first kappa shape index (κ1) is 18.0. The lowest BCUT2D eigenvalue weighted by Crippen LogP contribution is -2.47. The number of likely N-dealkylation sites (tertiary alicyclic amines) is 1. The molecule has 1 saturated heterocycles. The molecule has 26 heavy (non-hydrogen) atoms. The molecule has 1 N–H and O–H groups in total. The molecule has 1 aliphatic rings. The maximum Gasteiger partial charge on any atom is 0.321 e. The van der Waals surface area contributed by atoms with Crippen LogP contribution in [-0.2, 0) is 11.3 Å². The Bertz CT molecular complexity index is 757. The van der Waals surface area contributed by atoms with Gasteiger partial charge in [-0.05, 0) is 49.6 Å². The molecule has 3 amide bonds. The van der Waals surface area contributed by atoms with E-state index < -0.39 is 0 Å². The molecule has 1 unspecified atom stereocenters. The first-order valence-electron chi connectivity index (χ1n) is 8.93. The predicted molar refractivity (Wildman–Crippen MR) is 99.7 cm³/mol. The zero-order valence-corrected chi connectivity index (χ0v) is 15.3. The van der Waals surface area contributed by atoms with Crippen molar-refractivity contribution in [1.82, 2.24) is 9.80 Å². The summed E-state index contributed by atoms with van der Waals surface area (Å²) in [6.45, 7) is 3.54. The number of aryl methyl sites for hydroxylation is 1. The highest BCUT2D eigenvalue weighted by Gasteiger charge is 2.30. The summed E-state index contributed by atoms with van der Waals surface area (Å²) in [6, 6.07) is 11.2. The number of rotatable bonds is 4. The highest BCUT2D eigenvalue weighted by atomic mass is 16.3. The number of piperidine rings is 1. The van der Waals surface area contributed by atoms with Gasteiger partial charge >= 0.3 is 6.03 Å². The quantitative estimate of drug-likeness (QED) is 0.913. The zero-order chi connectivity index (χ0) is 18.5. The molecule has 1 aromatic heterocycles. The largest absolute Gasteiger partial charge is 0.467 e. The van der Waals surface area contributed by atoms with Crippen LogP contribution in [0.15, 0.2) is 47.1 Å². The van der Waals surface area contributed by atoms with Gasteiger partial charge in [0.2, 0.25) is 5.91 Å². The molecule has 6 nitrogen and oxygen atoms in total. The van der Waals surface area contributed by atoms with E-state index in [-0.39, 0.29) is 17.9 Å². The second-order valence-electron chi connectivity index (χ2n) is 6.86. The first-order valence-corrected chi connectivity index (χ1v) is 8.93. The fourth-order valence-corrected chi connectivity index (χ4v) is 3.31. The van der Waals surface area contributed by atoms with Gasteiger partial charge in [-0.15, -0.1) is 0 Å². The van der Waals surface area contributed by atoms with E-state index >= 15 is 0 Å². The number of hydrogen-bond acceptors (Lipinski definition) is 3. The molecule has 1 atom stereocenters. The van der Waals surface area contributed by atoms with E-state index in [0.717, 1.165) is 29.9 Å². The van der Waals surface area contributed by atoms with Crippen LogP contribution in [0, 0.1) is 12.8 Å². The second-order valence-corrected chi connectivity index (χ2v) is 6.86. The molecule has 1 aromatic carbocycles. The summed E-state index contributed by atoms with van der Waals surface area (Å²) < 4.78 is 5.31. The minimum Gasteiger partial charge on any atom is -0.467 e. The number of benzene rings is 1. The van der Waals surface area contributed by atoms with Gasteiger partial charge in [-0.1, -0.05) is 12.1 Å². The third-order valence-corrected chi connectivity index (χ3v) is 4.68. The SMILES string of the molecule is Cc1cccc(NC(=O)N2CCCC(C(=O)N(C)Cc3ccco3)C2)c1. The van der Waals surface area contributed by atoms with Crippen molar-refractivity contribution >= 4 is 17.6 Å². The standard InChI is InChI=1S/C20H25N3O3/c1-15-6-3-8-17(12-15)21-20(25)23-10-4-7-16(13-23)19(24)22(2)14-18-9-5-11-26-18/h3,5-6,8-9,11-12,16H,4,7,10,13-14H2,1-2H3,(H,21,25). The molecule has 1 aliphatic heterocycles. The monoisotopic (exact) mass is 355 g/mol. The number of amides is 3. The summed E-state index contributed by atoms with van der Waals surface area (Å²) in [5, 5.41) is 2.92. The van der Waals surface area contributed by atoms with Gasteiger partial charge in [0.15, 0.2) is 0 Å². The van der Waals surface area contributed by atoms with Crippen molar-refractivity contribution in [3.05, 3.63) is 54.0 Å². The Kier molecular flexibility index (Phi) is 5.61. The van der Waals surface area contributed by atoms with Crippen LogP contribution in [0.1, 0.15) is 24.2 Å². The Morgan fingerprint density at radius 3 is 2.88 bits per heavy atom. The lowest BCUT2D eigenvalue weighted by Gasteiger charge is -2.33. The number of anilines is 1. The minimum absolute atomic E-state index is 0.0504. The summed E-state index contributed by atoms with van der Waals surface area (Å²) in [5.74, 6) is 0.632. The Labute approximate surface area is 153 Å². The van der Waals surface area contributed by atoms with E-state index in [2.05, 4.69) is 5.32 Å². The topological polar surface area (TPSA) is 65.8 Å². The van der Waals surface area contributed by atoms with Crippen LogP contribution in [-0.4, -0.2) is 41.9 Å². The van der Waals surface area contributed by atoms with Gasteiger partial charge in [0.05, 0.1) is 18.7 Å². The highest BCUT2D eigenvalue weighted by Crippen LogP contribution is 2.21. The molecule has 138 valence electrons. The van der Waals surface area contributed by atoms with Crippen LogP contribution < -0.4 is 5.32 Å². The van der Waals surface area contributed by atoms with E-state index in [1.165, 1.54) is 0 Å². The van der Waals surface area contributed by atoms with E-state index in [1.54, 1.807) is 23.1 Å². The second kappa shape index (κ2) is 8.08. The van der Waals surface area contributed by atoms with Crippen molar-refractivity contribution in [1.29, 1.82) is 0 Å². The van der Waals surface area contributed by atoms with Crippen LogP contribution in [0.4, 0.5) is 10.5 Å². The van der Waals surface area contributed by atoms with Gasteiger partial charge in [-0.2, -0.15) is 0 Å². The van der Waals surface area contributed by atoms with Crippen LogP contribution in [0.2, 0.25) is 0 Å². The third-order valence-electron chi connectivity index (χ3n) is 4.68. The summed E-state index contributed by atoms with van der Waals surface area (Å²) in [6.07, 6.45) is 3.23. The first-order chi connectivity index (χ1) is 12.5. The Morgan fingerprint density at radius 1 is 1.31 bits per heavy atom. The van der Waals surface area contributed by atoms with Crippen molar-refractivity contribution in [2.24, 2.45) is 5.92 Å². The van der Waals surface area contributed by atoms with Gasteiger partial charge in [0.1, 0.15) is 5.76 Å². The Balaban J connectivity index is 1.57. The van der Waals surface area contributed by atoms with Crippen molar-refractivity contribution < 1.29 is 14.0 Å². The van der Waals surface area contributed by atoms with Crippen molar-refractivity contribution in [2.45, 2.75) is 26.3 Å². The predicted octanol–water partition coefficient (Wildman–Crippen LogP) is 3.49. The number of furan rings is 1. The molecule has 1 fully saturated rings. The minimum atomic E-state index is -0.174. The van der Waals surface area contributed by atoms with Gasteiger partial charge < -0.3 is 19.5 Å². The van der Waals surface area contributed by atoms with Crippen molar-refractivity contribution in [3.8, 4) is 0 Å². The van der Waals surface area contributed by atoms with E-state index in [4.69, 9.17) is 4.42 Å². The molecular formula is C20H25N3O3. The van der Waals surface area contributed by atoms with Crippen LogP contribution >= 0.6 is 0 Å². The molecule has 2 heterocycles. The Morgan fingerprint density at radius 2 is 2.15 bits per heavy atom. The Hall–Kier alpha value is -2.76. The maximum atomic E-state index is 12.7. The summed E-state index contributed by atoms with van der Waals surface area (Å²) in [4.78, 5) is 28.7. The van der Waals surface area contributed by atoms with E-state index in [9.17, 15) is 9.59 Å². The van der Waals surface area contributed by atoms with Crippen molar-refractivity contribution in [2.75, 3.05) is 25.5 Å². The van der Waals surface area contributed by atoms with E-state index in [1.807, 2.05) is 43.3 Å². The number of hydrogen-bond donors (Lipinski definition) is 1. The molecular weight excluding hydrogens is 330 g/mol. The van der Waals surface area contributed by atoms with Crippen LogP contribution in [0.25, 0.3) is 0 Å². The average molecular weight is 355 g/mol. The van der Waals surface area contributed by atoms with Gasteiger partial charge in [-0.25, -0.2) is 4.79 Å². The number of carbonyl (C=O) groups excluding carboxylic acids is 2. The summed E-state index contributed by atoms with van der Waals surface area (Å²) >= 11 is 0. The van der Waals surface area contributed by atoms with Crippen LogP contribution in [0.3, 0.4) is 0 Å². The van der Waals surface area contributed by atoms with Crippen LogP contribution in [0.5, 0.6) is 0 Å². The summed E-state index contributed by atoms with van der Waals surface area (Å²) in [7, 11) is 1.77. The average Bonchev–Trinajstić information content (AvgIpc) is 3.14. The fraction of sp³-hybridized carbons (Fsp3) is 0.400. The molecule has 0 saturated carbocycles. The molecule has 0 radical (unpaired) electrons. The molecule has 0 spiro atoms. The molecule has 2 aromatic rings. The normalized spacial score (nSPS) is 17.0. The molecule has 3 rings (SSSR count). The highest BCUT2D eigenvalue weighted by molar-refractivity contribution is 5.90. The number of carbonyl (C=O) groups is 2. The molecule has 6 heteroatoms. The lowest BCUT2D eigenvalue weighted by molar-refractivity contribution is -0.136. The number of urea groups is 1. The van der Waals surface area contributed by atoms with Gasteiger partial charge in [-0.3, -0.25) is 4.79 Å². The maximum absolute atomic E-state index is 12.7. The third kappa shape index (κ3) is 4.45. The molecule has 0 aliphatic carbocycles. The lowest BCUT2D eigenvalue weighted by atomic mass is 9.97. The fourth-order valence-electron chi connectivity index (χ4n) is 3.31. The number of nitrogens with one attached hydrogen (secondary N) is 1. The zero-order valence-electron chi connectivity index (χ0n) is 15.3.